The molecule has 1 N–H and O–H groups in total. The summed E-state index contributed by atoms with van der Waals surface area (Å²) < 4.78 is 10.6. The standard InChI is InChI=1S/C19H22N4O4/c1-2-26-16-6-4-3-5-13(16)18-14-11-22(8-7-15(14)20-21-18)17(24)12-23-9-10-27-19(23)25/h3-6H,2,7-12H2,1H3,(H,20,21). The molecule has 0 spiro atoms. The number of aromatic nitrogens is 2. The molecule has 2 amide bonds. The van der Waals surface area contributed by atoms with Crippen molar-refractivity contribution in [3.63, 3.8) is 0 Å². The van der Waals surface area contributed by atoms with Gasteiger partial charge in [-0.1, -0.05) is 12.1 Å². The number of H-pyrrole nitrogens is 1. The van der Waals surface area contributed by atoms with Crippen molar-refractivity contribution in [1.82, 2.24) is 20.0 Å². The zero-order valence-corrected chi connectivity index (χ0v) is 15.2. The van der Waals surface area contributed by atoms with E-state index in [4.69, 9.17) is 9.47 Å². The molecule has 0 unspecified atom stereocenters. The molecule has 1 fully saturated rings. The lowest BCUT2D eigenvalue weighted by molar-refractivity contribution is -0.132. The van der Waals surface area contributed by atoms with Crippen LogP contribution in [0.2, 0.25) is 0 Å². The van der Waals surface area contributed by atoms with Gasteiger partial charge in [-0.15, -0.1) is 0 Å². The van der Waals surface area contributed by atoms with E-state index in [2.05, 4.69) is 10.2 Å². The molecule has 1 saturated heterocycles. The maximum atomic E-state index is 12.7. The van der Waals surface area contributed by atoms with Gasteiger partial charge in [-0.2, -0.15) is 5.10 Å². The Balaban J connectivity index is 1.55. The van der Waals surface area contributed by atoms with E-state index >= 15 is 0 Å². The normalized spacial score (nSPS) is 16.3. The van der Waals surface area contributed by atoms with Crippen LogP contribution < -0.4 is 4.74 Å². The minimum atomic E-state index is -0.421. The molecule has 4 rings (SSSR count). The number of fused-ring (bicyclic) bond motifs is 1. The smallest absolute Gasteiger partial charge is 0.410 e. The van der Waals surface area contributed by atoms with Crippen LogP contribution in [-0.4, -0.2) is 64.8 Å². The third kappa shape index (κ3) is 3.34. The molecule has 2 aliphatic heterocycles. The highest BCUT2D eigenvalue weighted by atomic mass is 16.6. The van der Waals surface area contributed by atoms with Crippen LogP contribution in [0.5, 0.6) is 5.75 Å². The van der Waals surface area contributed by atoms with Crippen LogP contribution in [0.4, 0.5) is 4.79 Å². The number of cyclic esters (lactones) is 1. The highest BCUT2D eigenvalue weighted by Crippen LogP contribution is 2.34. The van der Waals surface area contributed by atoms with Crippen LogP contribution in [0, 0.1) is 0 Å². The minimum Gasteiger partial charge on any atom is -0.493 e. The Kier molecular flexibility index (Phi) is 4.70. The summed E-state index contributed by atoms with van der Waals surface area (Å²) in [6.45, 7) is 4.43. The van der Waals surface area contributed by atoms with E-state index in [0.717, 1.165) is 28.3 Å². The van der Waals surface area contributed by atoms with Crippen LogP contribution in [0.15, 0.2) is 24.3 Å². The Morgan fingerprint density at radius 1 is 1.33 bits per heavy atom. The molecule has 8 nitrogen and oxygen atoms in total. The number of para-hydroxylation sites is 1. The molecule has 1 aromatic carbocycles. The molecule has 0 radical (unpaired) electrons. The molecular formula is C19H22N4O4. The first-order valence-electron chi connectivity index (χ1n) is 9.15. The van der Waals surface area contributed by atoms with E-state index < -0.39 is 6.09 Å². The largest absolute Gasteiger partial charge is 0.493 e. The maximum absolute atomic E-state index is 12.7. The number of rotatable bonds is 5. The van der Waals surface area contributed by atoms with Gasteiger partial charge in [-0.3, -0.25) is 14.8 Å². The third-order valence-electron chi connectivity index (χ3n) is 4.90. The second-order valence-electron chi connectivity index (χ2n) is 6.56. The number of amides is 2. The van der Waals surface area contributed by atoms with Crippen molar-refractivity contribution in [2.75, 3.05) is 32.8 Å². The van der Waals surface area contributed by atoms with Crippen molar-refractivity contribution in [1.29, 1.82) is 0 Å². The number of nitrogens with one attached hydrogen (secondary N) is 1. The first kappa shape index (κ1) is 17.4. The molecular weight excluding hydrogens is 348 g/mol. The summed E-state index contributed by atoms with van der Waals surface area (Å²) in [4.78, 5) is 27.5. The summed E-state index contributed by atoms with van der Waals surface area (Å²) >= 11 is 0. The summed E-state index contributed by atoms with van der Waals surface area (Å²) in [5, 5.41) is 7.60. The zero-order chi connectivity index (χ0) is 18.8. The fourth-order valence-corrected chi connectivity index (χ4v) is 3.51. The fourth-order valence-electron chi connectivity index (χ4n) is 3.51. The summed E-state index contributed by atoms with van der Waals surface area (Å²) in [5.74, 6) is 0.697. The Labute approximate surface area is 157 Å². The Hall–Kier alpha value is -3.03. The Bertz CT molecular complexity index is 863. The summed E-state index contributed by atoms with van der Waals surface area (Å²) in [5.41, 5.74) is 3.77. The van der Waals surface area contributed by atoms with Crippen LogP contribution in [-0.2, 0) is 22.5 Å². The highest BCUT2D eigenvalue weighted by Gasteiger charge is 2.30. The average Bonchev–Trinajstić information content (AvgIpc) is 3.28. The zero-order valence-electron chi connectivity index (χ0n) is 15.2. The first-order valence-corrected chi connectivity index (χ1v) is 9.15. The van der Waals surface area contributed by atoms with Gasteiger partial charge in [-0.25, -0.2) is 4.79 Å². The number of nitrogens with zero attached hydrogens (tertiary/aromatic N) is 3. The molecule has 27 heavy (non-hydrogen) atoms. The second-order valence-corrected chi connectivity index (χ2v) is 6.56. The van der Waals surface area contributed by atoms with Crippen LogP contribution in [0.25, 0.3) is 11.3 Å². The fraction of sp³-hybridized carbons (Fsp3) is 0.421. The molecule has 142 valence electrons. The molecule has 0 aliphatic carbocycles. The monoisotopic (exact) mass is 370 g/mol. The van der Waals surface area contributed by atoms with Crippen molar-refractivity contribution in [2.24, 2.45) is 0 Å². The van der Waals surface area contributed by atoms with Crippen LogP contribution in [0.3, 0.4) is 0 Å². The SMILES string of the molecule is CCOc1ccccc1-c1n[nH]c2c1CN(C(=O)CN1CCOC1=O)CC2. The molecule has 0 bridgehead atoms. The van der Waals surface area contributed by atoms with Crippen molar-refractivity contribution in [2.45, 2.75) is 19.9 Å². The Morgan fingerprint density at radius 3 is 2.96 bits per heavy atom. The lowest BCUT2D eigenvalue weighted by Crippen LogP contribution is -2.43. The maximum Gasteiger partial charge on any atom is 0.410 e. The van der Waals surface area contributed by atoms with Gasteiger partial charge < -0.3 is 14.4 Å². The molecule has 2 aromatic rings. The van der Waals surface area contributed by atoms with Gasteiger partial charge in [0.2, 0.25) is 5.91 Å². The number of benzene rings is 1. The number of ether oxygens (including phenoxy) is 2. The van der Waals surface area contributed by atoms with E-state index in [0.29, 0.717) is 39.3 Å². The van der Waals surface area contributed by atoms with Gasteiger partial charge in [0.1, 0.15) is 24.6 Å². The topological polar surface area (TPSA) is 87.8 Å². The quantitative estimate of drug-likeness (QED) is 0.867. The molecule has 0 saturated carbocycles. The molecule has 0 atom stereocenters. The number of aromatic amines is 1. The van der Waals surface area contributed by atoms with Crippen LogP contribution >= 0.6 is 0 Å². The molecule has 2 aliphatic rings. The highest BCUT2D eigenvalue weighted by molar-refractivity contribution is 5.83. The van der Waals surface area contributed by atoms with Crippen LogP contribution in [0.1, 0.15) is 18.2 Å². The number of carbonyl (C=O) groups excluding carboxylic acids is 2. The predicted molar refractivity (Wildman–Crippen MR) is 97.2 cm³/mol. The third-order valence-corrected chi connectivity index (χ3v) is 4.90. The predicted octanol–water partition coefficient (Wildman–Crippen LogP) is 1.81. The van der Waals surface area contributed by atoms with Gasteiger partial charge in [0.25, 0.3) is 0 Å². The molecule has 3 heterocycles. The van der Waals surface area contributed by atoms with E-state index in [-0.39, 0.29) is 12.5 Å². The lowest BCUT2D eigenvalue weighted by Gasteiger charge is -2.28. The number of carbonyl (C=O) groups is 2. The van der Waals surface area contributed by atoms with Gasteiger partial charge in [0.05, 0.1) is 13.2 Å². The summed E-state index contributed by atoms with van der Waals surface area (Å²) in [6.07, 6.45) is 0.283. The summed E-state index contributed by atoms with van der Waals surface area (Å²) in [6, 6.07) is 7.77. The molecule has 1 aromatic heterocycles. The van der Waals surface area contributed by atoms with E-state index in [1.807, 2.05) is 31.2 Å². The summed E-state index contributed by atoms with van der Waals surface area (Å²) in [7, 11) is 0. The number of hydrogen-bond donors (Lipinski definition) is 1. The lowest BCUT2D eigenvalue weighted by atomic mass is 10.0. The number of hydrogen-bond acceptors (Lipinski definition) is 5. The first-order chi connectivity index (χ1) is 13.2. The van der Waals surface area contributed by atoms with Crippen molar-refractivity contribution < 1.29 is 19.1 Å². The second kappa shape index (κ2) is 7.30. The van der Waals surface area contributed by atoms with Gasteiger partial charge in [0, 0.05) is 36.3 Å². The Morgan fingerprint density at radius 2 is 2.19 bits per heavy atom. The van der Waals surface area contributed by atoms with E-state index in [1.54, 1.807) is 4.90 Å². The van der Waals surface area contributed by atoms with Crippen molar-refractivity contribution >= 4 is 12.0 Å². The van der Waals surface area contributed by atoms with E-state index in [9.17, 15) is 9.59 Å². The van der Waals surface area contributed by atoms with Gasteiger partial charge in [-0.05, 0) is 19.1 Å². The molecule has 8 heteroatoms. The van der Waals surface area contributed by atoms with Crippen molar-refractivity contribution in [3.8, 4) is 17.0 Å². The average molecular weight is 370 g/mol. The minimum absolute atomic E-state index is 0.0525. The van der Waals surface area contributed by atoms with Gasteiger partial charge >= 0.3 is 6.09 Å². The van der Waals surface area contributed by atoms with Gasteiger partial charge in [0.15, 0.2) is 0 Å². The van der Waals surface area contributed by atoms with Crippen molar-refractivity contribution in [3.05, 3.63) is 35.5 Å². The van der Waals surface area contributed by atoms with E-state index in [1.165, 1.54) is 4.90 Å².